The highest BCUT2D eigenvalue weighted by molar-refractivity contribution is 5.79. The van der Waals surface area contributed by atoms with Crippen molar-refractivity contribution in [3.63, 3.8) is 0 Å². The highest BCUT2D eigenvalue weighted by Crippen LogP contribution is 2.32. The molecule has 1 amide bonds. The molecule has 0 aromatic heterocycles. The van der Waals surface area contributed by atoms with Crippen LogP contribution in [0.3, 0.4) is 0 Å². The molecule has 2 rings (SSSR count). The Bertz CT molecular complexity index is 386. The lowest BCUT2D eigenvalue weighted by Gasteiger charge is -2.25. The van der Waals surface area contributed by atoms with E-state index in [0.717, 1.165) is 6.42 Å². The molecule has 1 fully saturated rings. The largest absolute Gasteiger partial charge is 0.383 e. The van der Waals surface area contributed by atoms with E-state index in [1.807, 2.05) is 4.90 Å². The number of ether oxygens (including phenoxy) is 1. The number of hydrogen-bond acceptors (Lipinski definition) is 2. The minimum Gasteiger partial charge on any atom is -0.383 e. The van der Waals surface area contributed by atoms with Gasteiger partial charge in [0, 0.05) is 20.1 Å². The molecule has 0 aliphatic carbocycles. The minimum atomic E-state index is 0.234. The molecule has 1 heterocycles. The van der Waals surface area contributed by atoms with Crippen molar-refractivity contribution in [3.8, 4) is 0 Å². The molecular weight excluding hydrogens is 214 g/mol. The summed E-state index contributed by atoms with van der Waals surface area (Å²) in [5.41, 5.74) is 2.49. The van der Waals surface area contributed by atoms with Crippen molar-refractivity contribution >= 4 is 5.91 Å². The zero-order valence-electron chi connectivity index (χ0n) is 10.5. The average Bonchev–Trinajstić information content (AvgIpc) is 2.69. The maximum atomic E-state index is 11.8. The lowest BCUT2D eigenvalue weighted by Crippen LogP contribution is -2.30. The monoisotopic (exact) mass is 233 g/mol. The van der Waals surface area contributed by atoms with Gasteiger partial charge in [-0.25, -0.2) is 0 Å². The molecule has 92 valence electrons. The first kappa shape index (κ1) is 12.1. The number of rotatable bonds is 4. The zero-order chi connectivity index (χ0) is 12.3. The molecule has 1 aliphatic rings. The van der Waals surface area contributed by atoms with E-state index in [-0.39, 0.29) is 11.9 Å². The maximum Gasteiger partial charge on any atom is 0.223 e. The minimum absolute atomic E-state index is 0.234. The van der Waals surface area contributed by atoms with E-state index in [4.69, 9.17) is 4.74 Å². The molecule has 1 aromatic rings. The second kappa shape index (κ2) is 5.32. The van der Waals surface area contributed by atoms with E-state index in [1.54, 1.807) is 7.11 Å². The molecule has 0 saturated carbocycles. The Kier molecular flexibility index (Phi) is 3.79. The van der Waals surface area contributed by atoms with Crippen LogP contribution in [0.1, 0.15) is 30.0 Å². The number of likely N-dealkylation sites (tertiary alicyclic amines) is 1. The van der Waals surface area contributed by atoms with Crippen molar-refractivity contribution < 1.29 is 9.53 Å². The number of benzene rings is 1. The fraction of sp³-hybridized carbons (Fsp3) is 0.500. The number of hydrogen-bond donors (Lipinski definition) is 0. The number of nitrogens with zero attached hydrogens (tertiary/aromatic N) is 1. The van der Waals surface area contributed by atoms with Crippen LogP contribution >= 0.6 is 0 Å². The first-order valence-corrected chi connectivity index (χ1v) is 6.07. The Hall–Kier alpha value is -1.35. The van der Waals surface area contributed by atoms with Crippen LogP contribution in [0, 0.1) is 6.92 Å². The Balaban J connectivity index is 2.13. The smallest absolute Gasteiger partial charge is 0.223 e. The summed E-state index contributed by atoms with van der Waals surface area (Å²) in [6, 6.07) is 8.69. The number of aryl methyl sites for hydroxylation is 1. The van der Waals surface area contributed by atoms with Gasteiger partial charge < -0.3 is 9.64 Å². The molecule has 3 nitrogen and oxygen atoms in total. The van der Waals surface area contributed by atoms with Crippen LogP contribution < -0.4 is 0 Å². The van der Waals surface area contributed by atoms with Gasteiger partial charge in [0.25, 0.3) is 0 Å². The van der Waals surface area contributed by atoms with Crippen molar-refractivity contribution in [2.24, 2.45) is 0 Å². The van der Waals surface area contributed by atoms with Gasteiger partial charge in [0.05, 0.1) is 12.6 Å². The van der Waals surface area contributed by atoms with Crippen LogP contribution in [0.5, 0.6) is 0 Å². The molecule has 1 aromatic carbocycles. The first-order valence-electron chi connectivity index (χ1n) is 6.07. The predicted octanol–water partition coefficient (Wildman–Crippen LogP) is 2.30. The molecule has 0 N–H and O–H groups in total. The van der Waals surface area contributed by atoms with Gasteiger partial charge in [-0.1, -0.05) is 29.8 Å². The molecule has 1 saturated heterocycles. The van der Waals surface area contributed by atoms with Crippen LogP contribution in [0.2, 0.25) is 0 Å². The van der Waals surface area contributed by atoms with Crippen LogP contribution in [0.25, 0.3) is 0 Å². The Morgan fingerprint density at radius 2 is 2.06 bits per heavy atom. The van der Waals surface area contributed by atoms with Gasteiger partial charge in [-0.15, -0.1) is 0 Å². The van der Waals surface area contributed by atoms with Gasteiger partial charge in [-0.3, -0.25) is 4.79 Å². The highest BCUT2D eigenvalue weighted by atomic mass is 16.5. The van der Waals surface area contributed by atoms with E-state index in [9.17, 15) is 4.79 Å². The number of carbonyl (C=O) groups excluding carboxylic acids is 1. The molecular formula is C14H19NO2. The molecule has 1 unspecified atom stereocenters. The third-order valence-electron chi connectivity index (χ3n) is 3.33. The van der Waals surface area contributed by atoms with Gasteiger partial charge in [-0.05, 0) is 18.9 Å². The summed E-state index contributed by atoms with van der Waals surface area (Å²) in [5, 5.41) is 0. The van der Waals surface area contributed by atoms with E-state index in [2.05, 4.69) is 31.2 Å². The summed E-state index contributed by atoms with van der Waals surface area (Å²) in [6.45, 7) is 3.37. The van der Waals surface area contributed by atoms with Gasteiger partial charge in [0.15, 0.2) is 0 Å². The van der Waals surface area contributed by atoms with Gasteiger partial charge in [0.1, 0.15) is 0 Å². The average molecular weight is 233 g/mol. The normalized spacial score (nSPS) is 20.0. The Morgan fingerprint density at radius 1 is 1.35 bits per heavy atom. The summed E-state index contributed by atoms with van der Waals surface area (Å²) in [6.07, 6.45) is 1.58. The standard InChI is InChI=1S/C14H19NO2/c1-11-3-5-12(6-4-11)13-7-8-14(16)15(13)9-10-17-2/h3-6,13H,7-10H2,1-2H3. The van der Waals surface area contributed by atoms with E-state index in [0.29, 0.717) is 19.6 Å². The molecule has 17 heavy (non-hydrogen) atoms. The number of methoxy groups -OCH3 is 1. The SMILES string of the molecule is COCCN1C(=O)CCC1c1ccc(C)cc1. The molecule has 3 heteroatoms. The van der Waals surface area contributed by atoms with Gasteiger partial charge in [-0.2, -0.15) is 0 Å². The maximum absolute atomic E-state index is 11.8. The Labute approximate surface area is 102 Å². The number of amides is 1. The van der Waals surface area contributed by atoms with Crippen molar-refractivity contribution in [1.29, 1.82) is 0 Å². The Morgan fingerprint density at radius 3 is 2.71 bits per heavy atom. The number of carbonyl (C=O) groups is 1. The second-order valence-corrected chi connectivity index (χ2v) is 4.55. The first-order chi connectivity index (χ1) is 8.22. The fourth-order valence-corrected chi connectivity index (χ4v) is 2.34. The van der Waals surface area contributed by atoms with E-state index < -0.39 is 0 Å². The fourth-order valence-electron chi connectivity index (χ4n) is 2.34. The second-order valence-electron chi connectivity index (χ2n) is 4.55. The molecule has 0 bridgehead atoms. The van der Waals surface area contributed by atoms with Crippen molar-refractivity contribution in [2.45, 2.75) is 25.8 Å². The summed E-state index contributed by atoms with van der Waals surface area (Å²) < 4.78 is 5.06. The quantitative estimate of drug-likeness (QED) is 0.798. The third kappa shape index (κ3) is 2.67. The zero-order valence-corrected chi connectivity index (χ0v) is 10.5. The molecule has 0 radical (unpaired) electrons. The summed E-state index contributed by atoms with van der Waals surface area (Å²) in [4.78, 5) is 13.7. The summed E-state index contributed by atoms with van der Waals surface area (Å²) in [5.74, 6) is 0.243. The molecule has 0 spiro atoms. The van der Waals surface area contributed by atoms with Crippen molar-refractivity contribution in [2.75, 3.05) is 20.3 Å². The third-order valence-corrected chi connectivity index (χ3v) is 3.33. The molecule has 1 atom stereocenters. The van der Waals surface area contributed by atoms with Crippen LogP contribution in [0.4, 0.5) is 0 Å². The summed E-state index contributed by atoms with van der Waals surface area (Å²) in [7, 11) is 1.67. The van der Waals surface area contributed by atoms with Gasteiger partial charge >= 0.3 is 0 Å². The van der Waals surface area contributed by atoms with Gasteiger partial charge in [0.2, 0.25) is 5.91 Å². The molecule has 1 aliphatic heterocycles. The van der Waals surface area contributed by atoms with Crippen LogP contribution in [-0.4, -0.2) is 31.1 Å². The predicted molar refractivity (Wildman–Crippen MR) is 66.7 cm³/mol. The summed E-state index contributed by atoms with van der Waals surface area (Å²) >= 11 is 0. The highest BCUT2D eigenvalue weighted by Gasteiger charge is 2.31. The topological polar surface area (TPSA) is 29.5 Å². The van der Waals surface area contributed by atoms with Crippen LogP contribution in [-0.2, 0) is 9.53 Å². The lowest BCUT2D eigenvalue weighted by atomic mass is 10.0. The van der Waals surface area contributed by atoms with Crippen molar-refractivity contribution in [1.82, 2.24) is 4.90 Å². The van der Waals surface area contributed by atoms with E-state index >= 15 is 0 Å². The van der Waals surface area contributed by atoms with Crippen molar-refractivity contribution in [3.05, 3.63) is 35.4 Å². The lowest BCUT2D eigenvalue weighted by molar-refractivity contribution is -0.129. The van der Waals surface area contributed by atoms with E-state index in [1.165, 1.54) is 11.1 Å². The van der Waals surface area contributed by atoms with Crippen LogP contribution in [0.15, 0.2) is 24.3 Å².